The maximum absolute atomic E-state index is 14.2. The fourth-order valence-electron chi connectivity index (χ4n) is 8.50. The summed E-state index contributed by atoms with van der Waals surface area (Å²) >= 11 is 0. The van der Waals surface area contributed by atoms with Crippen LogP contribution in [0.2, 0.25) is 0 Å². The van der Waals surface area contributed by atoms with E-state index in [0.717, 1.165) is 30.2 Å². The van der Waals surface area contributed by atoms with Gasteiger partial charge in [-0.1, -0.05) is 49.4 Å². The molecule has 0 radical (unpaired) electrons. The van der Waals surface area contributed by atoms with Gasteiger partial charge >= 0.3 is 5.97 Å². The first kappa shape index (κ1) is 26.5. The molecular formula is C31H42N4O4. The van der Waals surface area contributed by atoms with Crippen molar-refractivity contribution in [2.45, 2.75) is 115 Å². The first-order valence-corrected chi connectivity index (χ1v) is 15.2. The van der Waals surface area contributed by atoms with Crippen LogP contribution in [0, 0.1) is 11.8 Å². The number of oxime groups is 1. The van der Waals surface area contributed by atoms with E-state index in [4.69, 9.17) is 4.74 Å². The van der Waals surface area contributed by atoms with Gasteiger partial charge in [0.15, 0.2) is 5.69 Å². The Kier molecular flexibility index (Phi) is 7.74. The van der Waals surface area contributed by atoms with Gasteiger partial charge in [0.1, 0.15) is 5.71 Å². The van der Waals surface area contributed by atoms with Crippen molar-refractivity contribution in [3.8, 4) is 0 Å². The Morgan fingerprint density at radius 1 is 0.974 bits per heavy atom. The van der Waals surface area contributed by atoms with Crippen molar-refractivity contribution < 1.29 is 14.7 Å². The number of para-hydroxylation sites is 2. The molecule has 4 fully saturated rings. The summed E-state index contributed by atoms with van der Waals surface area (Å²) in [5.74, 6) is 1.33. The molecule has 0 amide bonds. The van der Waals surface area contributed by atoms with Gasteiger partial charge in [-0.3, -0.25) is 14.5 Å². The molecule has 8 heteroatoms. The van der Waals surface area contributed by atoms with Crippen LogP contribution in [0.25, 0.3) is 11.0 Å². The normalized spacial score (nSPS) is 31.3. The maximum atomic E-state index is 14.2. The van der Waals surface area contributed by atoms with E-state index in [2.05, 4.69) is 15.0 Å². The van der Waals surface area contributed by atoms with Gasteiger partial charge in [-0.15, -0.1) is 0 Å². The second-order valence-electron chi connectivity index (χ2n) is 12.3. The van der Waals surface area contributed by atoms with E-state index in [1.165, 1.54) is 57.8 Å². The predicted molar refractivity (Wildman–Crippen MR) is 150 cm³/mol. The van der Waals surface area contributed by atoms with E-state index < -0.39 is 0 Å². The second kappa shape index (κ2) is 11.4. The van der Waals surface area contributed by atoms with Crippen LogP contribution in [-0.2, 0) is 9.53 Å². The highest BCUT2D eigenvalue weighted by atomic mass is 16.5. The van der Waals surface area contributed by atoms with Gasteiger partial charge in [0.2, 0.25) is 0 Å². The topological polar surface area (TPSA) is 97.0 Å². The molecule has 2 aliphatic carbocycles. The van der Waals surface area contributed by atoms with Crippen LogP contribution >= 0.6 is 0 Å². The zero-order chi connectivity index (χ0) is 26.9. The van der Waals surface area contributed by atoms with E-state index in [0.29, 0.717) is 23.6 Å². The molecule has 3 heterocycles. The molecule has 210 valence electrons. The third-order valence-corrected chi connectivity index (χ3v) is 9.97. The quantitative estimate of drug-likeness (QED) is 0.220. The molecule has 2 saturated carbocycles. The van der Waals surface area contributed by atoms with Crippen LogP contribution in [0.15, 0.2) is 34.2 Å². The minimum atomic E-state index is -0.381. The zero-order valence-corrected chi connectivity index (χ0v) is 23.1. The molecule has 4 bridgehead atoms. The number of esters is 1. The molecule has 2 saturated heterocycles. The highest BCUT2D eigenvalue weighted by molar-refractivity contribution is 6.00. The highest BCUT2D eigenvalue weighted by Crippen LogP contribution is 2.49. The lowest BCUT2D eigenvalue weighted by atomic mass is 9.76. The minimum Gasteiger partial charge on any atom is -0.466 e. The molecule has 2 unspecified atom stereocenters. The SMILES string of the molecule is CCOC(=O)CC/C(=N\O)c1nc2ccccc2n([C@@H]2C[C@@H]3CCC[C@H]2N3C2CC3CCCCC(C3)C2)c1=O. The molecule has 0 spiro atoms. The minimum absolute atomic E-state index is 0.0348. The summed E-state index contributed by atoms with van der Waals surface area (Å²) < 4.78 is 7.01. The molecule has 1 aromatic carbocycles. The molecule has 4 aliphatic rings. The standard InChI is InChI=1S/C31H42N4O4/c1-2-39-29(36)15-14-25(33-38)30-31(37)35(26-12-6-5-11-24(26)32-30)28-19-22-10-7-13-27(28)34(22)23-17-20-8-3-4-9-21(16-20)18-23/h5-6,11-12,20-23,27-28,38H,2-4,7-10,13-19H2,1H3/b33-25+/t20?,21?,22-,23?,27+,28+/m0/s1. The molecular weight excluding hydrogens is 492 g/mol. The Morgan fingerprint density at radius 3 is 2.49 bits per heavy atom. The van der Waals surface area contributed by atoms with Crippen molar-refractivity contribution in [2.24, 2.45) is 17.0 Å². The lowest BCUT2D eigenvalue weighted by Crippen LogP contribution is -2.51. The Morgan fingerprint density at radius 2 is 1.74 bits per heavy atom. The van der Waals surface area contributed by atoms with Crippen molar-refractivity contribution in [3.63, 3.8) is 0 Å². The number of carbonyl (C=O) groups excluding carboxylic acids is 1. The van der Waals surface area contributed by atoms with Gasteiger partial charge in [-0.2, -0.15) is 0 Å². The molecule has 39 heavy (non-hydrogen) atoms. The number of rotatable bonds is 7. The largest absolute Gasteiger partial charge is 0.466 e. The number of ether oxygens (including phenoxy) is 1. The Balaban J connectivity index is 1.36. The van der Waals surface area contributed by atoms with Crippen molar-refractivity contribution >= 4 is 22.7 Å². The third kappa shape index (κ3) is 5.12. The van der Waals surface area contributed by atoms with Gasteiger partial charge in [-0.25, -0.2) is 4.98 Å². The summed E-state index contributed by atoms with van der Waals surface area (Å²) in [6.07, 6.45) is 14.2. The van der Waals surface area contributed by atoms with Crippen LogP contribution in [0.3, 0.4) is 0 Å². The van der Waals surface area contributed by atoms with Crippen LogP contribution in [0.4, 0.5) is 0 Å². The van der Waals surface area contributed by atoms with Gasteiger partial charge < -0.3 is 14.5 Å². The highest BCUT2D eigenvalue weighted by Gasteiger charge is 2.49. The summed E-state index contributed by atoms with van der Waals surface area (Å²) in [4.78, 5) is 33.7. The number of benzene rings is 1. The number of fused-ring (bicyclic) bond motifs is 5. The van der Waals surface area contributed by atoms with Crippen molar-refractivity contribution in [1.82, 2.24) is 14.5 Å². The number of nitrogens with zero attached hydrogens (tertiary/aromatic N) is 4. The van der Waals surface area contributed by atoms with Crippen LogP contribution in [-0.4, -0.2) is 56.1 Å². The summed E-state index contributed by atoms with van der Waals surface area (Å²) in [7, 11) is 0. The first-order chi connectivity index (χ1) is 19.1. The predicted octanol–water partition coefficient (Wildman–Crippen LogP) is 5.44. The van der Waals surface area contributed by atoms with Gasteiger partial charge in [-0.05, 0) is 69.4 Å². The van der Waals surface area contributed by atoms with E-state index in [9.17, 15) is 14.8 Å². The fraction of sp³-hybridized carbons (Fsp3) is 0.677. The smallest absolute Gasteiger partial charge is 0.306 e. The van der Waals surface area contributed by atoms with Crippen molar-refractivity contribution in [2.75, 3.05) is 6.61 Å². The summed E-state index contributed by atoms with van der Waals surface area (Å²) in [5, 5.41) is 13.3. The van der Waals surface area contributed by atoms with Gasteiger partial charge in [0.25, 0.3) is 5.56 Å². The van der Waals surface area contributed by atoms with E-state index >= 15 is 0 Å². The summed E-state index contributed by atoms with van der Waals surface area (Å²) in [6.45, 7) is 2.04. The van der Waals surface area contributed by atoms with Crippen LogP contribution < -0.4 is 5.56 Å². The fourth-order valence-corrected chi connectivity index (χ4v) is 8.50. The lowest BCUT2D eigenvalue weighted by Gasteiger charge is -2.46. The summed E-state index contributed by atoms with van der Waals surface area (Å²) in [6, 6.07) is 9.32. The van der Waals surface area contributed by atoms with Crippen LogP contribution in [0.5, 0.6) is 0 Å². The number of hydrogen-bond acceptors (Lipinski definition) is 7. The average Bonchev–Trinajstić information content (AvgIpc) is 3.04. The number of carbonyl (C=O) groups is 1. The number of hydrogen-bond donors (Lipinski definition) is 1. The lowest BCUT2D eigenvalue weighted by molar-refractivity contribution is -0.142. The van der Waals surface area contributed by atoms with Crippen molar-refractivity contribution in [3.05, 3.63) is 40.3 Å². The average molecular weight is 535 g/mol. The van der Waals surface area contributed by atoms with Crippen molar-refractivity contribution in [1.29, 1.82) is 0 Å². The molecule has 1 aromatic heterocycles. The molecule has 2 aliphatic heterocycles. The maximum Gasteiger partial charge on any atom is 0.306 e. The van der Waals surface area contributed by atoms with Crippen LogP contribution in [0.1, 0.15) is 102 Å². The molecule has 6 rings (SSSR count). The van der Waals surface area contributed by atoms with E-state index in [1.54, 1.807) is 6.92 Å². The van der Waals surface area contributed by atoms with Gasteiger partial charge in [0.05, 0.1) is 30.1 Å². The monoisotopic (exact) mass is 534 g/mol. The summed E-state index contributed by atoms with van der Waals surface area (Å²) in [5.41, 5.74) is 1.60. The van der Waals surface area contributed by atoms with E-state index in [-0.39, 0.29) is 48.4 Å². The first-order valence-electron chi connectivity index (χ1n) is 15.2. The molecule has 2 aromatic rings. The molecule has 5 atom stereocenters. The number of piperidine rings is 1. The Labute approximate surface area is 230 Å². The second-order valence-corrected chi connectivity index (χ2v) is 12.3. The Hall–Kier alpha value is -2.74. The van der Waals surface area contributed by atoms with E-state index in [1.807, 2.05) is 28.8 Å². The molecule has 8 nitrogen and oxygen atoms in total. The van der Waals surface area contributed by atoms with Gasteiger partial charge in [0, 0.05) is 24.5 Å². The number of aromatic nitrogens is 2. The third-order valence-electron chi connectivity index (χ3n) is 9.97. The zero-order valence-electron chi connectivity index (χ0n) is 23.1. The molecule has 1 N–H and O–H groups in total. The Bertz CT molecular complexity index is 1280.